The van der Waals surface area contributed by atoms with Crippen molar-refractivity contribution in [1.29, 1.82) is 0 Å². The summed E-state index contributed by atoms with van der Waals surface area (Å²) in [7, 11) is 0. The van der Waals surface area contributed by atoms with Crippen molar-refractivity contribution in [2.45, 2.75) is 56.2 Å². The summed E-state index contributed by atoms with van der Waals surface area (Å²) in [6.07, 6.45) is 0.639. The van der Waals surface area contributed by atoms with E-state index in [0.717, 1.165) is 4.90 Å². The Balaban J connectivity index is 1.72. The molecule has 136 valence electrons. The van der Waals surface area contributed by atoms with Gasteiger partial charge in [0.2, 0.25) is 0 Å². The molecule has 25 heavy (non-hydrogen) atoms. The van der Waals surface area contributed by atoms with Crippen molar-refractivity contribution in [3.8, 4) is 0 Å². The molecule has 0 spiro atoms. The van der Waals surface area contributed by atoms with Gasteiger partial charge in [0.1, 0.15) is 11.4 Å². The number of carbonyl (C=O) groups is 2. The average molecular weight is 383 g/mol. The Kier molecular flexibility index (Phi) is 5.32. The van der Waals surface area contributed by atoms with Crippen molar-refractivity contribution in [2.24, 2.45) is 0 Å². The monoisotopic (exact) mass is 382 g/mol. The minimum atomic E-state index is -0.517. The van der Waals surface area contributed by atoms with Crippen LogP contribution in [0.2, 0.25) is 5.02 Å². The molecule has 1 amide bonds. The highest BCUT2D eigenvalue weighted by atomic mass is 35.5. The molecule has 2 atom stereocenters. The van der Waals surface area contributed by atoms with Crippen LogP contribution >= 0.6 is 23.5 Å². The zero-order chi connectivity index (χ0) is 18.2. The predicted octanol–water partition coefficient (Wildman–Crippen LogP) is 4.00. The molecule has 1 aromatic carbocycles. The van der Waals surface area contributed by atoms with Gasteiger partial charge >= 0.3 is 6.09 Å². The topological polar surface area (TPSA) is 49.9 Å². The number of piperazine rings is 1. The Morgan fingerprint density at radius 1 is 1.16 bits per heavy atom. The number of nitrogens with zero attached hydrogens (tertiary/aromatic N) is 2. The molecular weight excluding hydrogens is 360 g/mol. The predicted molar refractivity (Wildman–Crippen MR) is 98.8 cm³/mol. The van der Waals surface area contributed by atoms with E-state index in [1.807, 2.05) is 45.0 Å². The molecule has 2 aliphatic rings. The van der Waals surface area contributed by atoms with Gasteiger partial charge in [0.15, 0.2) is 0 Å². The minimum absolute atomic E-state index is 0.00759. The van der Waals surface area contributed by atoms with Crippen LogP contribution in [0.15, 0.2) is 29.2 Å². The van der Waals surface area contributed by atoms with Gasteiger partial charge in [-0.15, -0.1) is 0 Å². The molecule has 3 rings (SSSR count). The summed E-state index contributed by atoms with van der Waals surface area (Å²) in [4.78, 5) is 27.3. The smallest absolute Gasteiger partial charge is 0.410 e. The molecule has 0 N–H and O–H groups in total. The summed E-state index contributed by atoms with van der Waals surface area (Å²) in [5.74, 6) is 0.270. The van der Waals surface area contributed by atoms with Crippen LogP contribution in [0, 0.1) is 0 Å². The van der Waals surface area contributed by atoms with E-state index in [1.165, 1.54) is 0 Å². The number of piperidine rings is 1. The van der Waals surface area contributed by atoms with Gasteiger partial charge in [-0.1, -0.05) is 11.6 Å². The first-order valence-corrected chi connectivity index (χ1v) is 9.58. The molecule has 0 aromatic heterocycles. The Hall–Kier alpha value is -1.24. The quantitative estimate of drug-likeness (QED) is 0.723. The molecule has 2 bridgehead atoms. The third kappa shape index (κ3) is 4.68. The molecule has 2 saturated heterocycles. The number of carbonyl (C=O) groups excluding carboxylic acids is 2. The number of benzene rings is 1. The molecular formula is C18H23ClN2O3S. The van der Waals surface area contributed by atoms with Crippen LogP contribution in [0.4, 0.5) is 4.79 Å². The largest absolute Gasteiger partial charge is 0.444 e. The maximum absolute atomic E-state index is 12.4. The van der Waals surface area contributed by atoms with Crippen molar-refractivity contribution in [3.05, 3.63) is 29.3 Å². The lowest BCUT2D eigenvalue weighted by atomic mass is 9.93. The summed E-state index contributed by atoms with van der Waals surface area (Å²) in [5, 5.41) is 0.703. The number of halogens is 1. The number of ether oxygens (including phenoxy) is 1. The zero-order valence-corrected chi connectivity index (χ0v) is 16.3. The molecule has 2 heterocycles. The number of amides is 1. The van der Waals surface area contributed by atoms with Crippen LogP contribution in [-0.2, 0) is 9.53 Å². The SMILES string of the molecule is CC(C)(C)OC(=O)N1CC2CC(=O)CC(C1)N2Sc1ccc(Cl)cc1. The van der Waals surface area contributed by atoms with Gasteiger partial charge in [-0.25, -0.2) is 9.10 Å². The Bertz CT molecular complexity index is 641. The van der Waals surface area contributed by atoms with E-state index >= 15 is 0 Å². The molecule has 7 heteroatoms. The highest BCUT2D eigenvalue weighted by Crippen LogP contribution is 2.37. The van der Waals surface area contributed by atoms with Gasteiger partial charge < -0.3 is 9.64 Å². The standard InChI is InChI=1S/C18H23ClN2O3S/c1-18(2,3)24-17(23)20-10-13-8-15(22)9-14(11-20)21(13)25-16-6-4-12(19)5-7-16/h4-7,13-14H,8-11H2,1-3H3. The minimum Gasteiger partial charge on any atom is -0.444 e. The van der Waals surface area contributed by atoms with E-state index in [4.69, 9.17) is 16.3 Å². The molecule has 1 aromatic rings. The van der Waals surface area contributed by atoms with E-state index in [2.05, 4.69) is 4.31 Å². The van der Waals surface area contributed by atoms with Crippen LogP contribution in [0.25, 0.3) is 0 Å². The fourth-order valence-corrected chi connectivity index (χ4v) is 4.41. The highest BCUT2D eigenvalue weighted by Gasteiger charge is 2.43. The molecule has 0 saturated carbocycles. The van der Waals surface area contributed by atoms with Crippen LogP contribution in [0.1, 0.15) is 33.6 Å². The molecule has 0 radical (unpaired) electrons. The summed E-state index contributed by atoms with van der Waals surface area (Å²) < 4.78 is 7.77. The van der Waals surface area contributed by atoms with Gasteiger partial charge in [-0.2, -0.15) is 0 Å². The zero-order valence-electron chi connectivity index (χ0n) is 14.7. The lowest BCUT2D eigenvalue weighted by Crippen LogP contribution is -2.61. The van der Waals surface area contributed by atoms with Crippen molar-refractivity contribution >= 4 is 35.4 Å². The van der Waals surface area contributed by atoms with Crippen molar-refractivity contribution in [1.82, 2.24) is 9.21 Å². The van der Waals surface area contributed by atoms with Gasteiger partial charge in [-0.3, -0.25) is 4.79 Å². The van der Waals surface area contributed by atoms with E-state index in [9.17, 15) is 9.59 Å². The third-order valence-electron chi connectivity index (χ3n) is 4.18. The van der Waals surface area contributed by atoms with E-state index in [1.54, 1.807) is 16.8 Å². The first-order chi connectivity index (χ1) is 11.7. The fraction of sp³-hybridized carbons (Fsp3) is 0.556. The van der Waals surface area contributed by atoms with Gasteiger partial charge in [0, 0.05) is 47.9 Å². The van der Waals surface area contributed by atoms with E-state index in [-0.39, 0.29) is 24.0 Å². The maximum Gasteiger partial charge on any atom is 0.410 e. The second kappa shape index (κ2) is 7.17. The van der Waals surface area contributed by atoms with Gasteiger partial charge in [0.05, 0.1) is 0 Å². The van der Waals surface area contributed by atoms with Crippen LogP contribution in [0.3, 0.4) is 0 Å². The first-order valence-electron chi connectivity index (χ1n) is 8.43. The van der Waals surface area contributed by atoms with Crippen LogP contribution in [-0.4, -0.2) is 51.9 Å². The summed E-state index contributed by atoms with van der Waals surface area (Å²) in [6.45, 7) is 6.61. The maximum atomic E-state index is 12.4. The average Bonchev–Trinajstić information content (AvgIpc) is 2.48. The number of hydrogen-bond acceptors (Lipinski definition) is 5. The number of likely N-dealkylation sites (tertiary alicyclic amines) is 1. The summed E-state index contributed by atoms with van der Waals surface area (Å²) in [6, 6.07) is 7.69. The second-order valence-electron chi connectivity index (χ2n) is 7.54. The van der Waals surface area contributed by atoms with E-state index < -0.39 is 5.60 Å². The number of rotatable bonds is 2. The van der Waals surface area contributed by atoms with Gasteiger partial charge in [0.25, 0.3) is 0 Å². The molecule has 2 fully saturated rings. The van der Waals surface area contributed by atoms with Gasteiger partial charge in [-0.05, 0) is 57.0 Å². The lowest BCUT2D eigenvalue weighted by molar-refractivity contribution is -0.125. The Labute approximate surface area is 157 Å². The second-order valence-corrected chi connectivity index (χ2v) is 9.06. The molecule has 2 aliphatic heterocycles. The molecule has 0 aliphatic carbocycles. The lowest BCUT2D eigenvalue weighted by Gasteiger charge is -2.48. The van der Waals surface area contributed by atoms with Crippen LogP contribution in [0.5, 0.6) is 0 Å². The number of fused-ring (bicyclic) bond motifs is 2. The normalized spacial score (nSPS) is 24.3. The number of hydrogen-bond donors (Lipinski definition) is 0. The first kappa shape index (κ1) is 18.5. The van der Waals surface area contributed by atoms with Crippen LogP contribution < -0.4 is 0 Å². The fourth-order valence-electron chi connectivity index (χ4n) is 3.20. The van der Waals surface area contributed by atoms with E-state index in [0.29, 0.717) is 31.0 Å². The Morgan fingerprint density at radius 2 is 1.72 bits per heavy atom. The molecule has 5 nitrogen and oxygen atoms in total. The van der Waals surface area contributed by atoms with Crippen molar-refractivity contribution < 1.29 is 14.3 Å². The molecule has 2 unspecified atom stereocenters. The highest BCUT2D eigenvalue weighted by molar-refractivity contribution is 7.97. The number of Topliss-reactive ketones (excluding diaryl/α,β-unsaturated/α-hetero) is 1. The summed E-state index contributed by atoms with van der Waals surface area (Å²) >= 11 is 7.59. The van der Waals surface area contributed by atoms with Crippen molar-refractivity contribution in [3.63, 3.8) is 0 Å². The van der Waals surface area contributed by atoms with Crippen molar-refractivity contribution in [2.75, 3.05) is 13.1 Å². The third-order valence-corrected chi connectivity index (χ3v) is 5.73. The Morgan fingerprint density at radius 3 is 2.24 bits per heavy atom. The summed E-state index contributed by atoms with van der Waals surface area (Å²) in [5.41, 5.74) is -0.517. The number of ketones is 1.